The molecular formula is C17H23FN6O. The first kappa shape index (κ1) is 17.2. The van der Waals surface area contributed by atoms with Crippen molar-refractivity contribution < 1.29 is 9.13 Å². The maximum absolute atomic E-state index is 12.9. The maximum atomic E-state index is 12.9. The lowest BCUT2D eigenvalue weighted by molar-refractivity contribution is 0.223. The summed E-state index contributed by atoms with van der Waals surface area (Å²) in [6.45, 7) is 4.05. The first-order chi connectivity index (χ1) is 12.2. The molecule has 2 heterocycles. The largest absolute Gasteiger partial charge is 0.489 e. The second-order valence-corrected chi connectivity index (χ2v) is 5.98. The van der Waals surface area contributed by atoms with E-state index in [0.29, 0.717) is 24.8 Å². The fourth-order valence-corrected chi connectivity index (χ4v) is 2.75. The van der Waals surface area contributed by atoms with Crippen LogP contribution in [0.2, 0.25) is 0 Å². The number of rotatable bonds is 6. The molecule has 0 amide bonds. The Balaban J connectivity index is 1.45. The first-order valence-corrected chi connectivity index (χ1v) is 8.43. The third-order valence-corrected chi connectivity index (χ3v) is 4.03. The van der Waals surface area contributed by atoms with E-state index in [4.69, 9.17) is 4.74 Å². The number of fused-ring (bicyclic) bond motifs is 1. The SMILES string of the molecule is CN=C(NCc1nnc2n1CCC2)NCC(C)Oc1ccc(F)cc1. The summed E-state index contributed by atoms with van der Waals surface area (Å²) in [6.07, 6.45) is 2.03. The van der Waals surface area contributed by atoms with Crippen molar-refractivity contribution in [1.29, 1.82) is 0 Å². The van der Waals surface area contributed by atoms with Crippen LogP contribution in [0.4, 0.5) is 4.39 Å². The molecule has 2 aromatic rings. The fourth-order valence-electron chi connectivity index (χ4n) is 2.75. The molecule has 1 unspecified atom stereocenters. The number of guanidine groups is 1. The number of aliphatic imine (C=N–C) groups is 1. The van der Waals surface area contributed by atoms with Crippen LogP contribution in [0, 0.1) is 5.82 Å². The Kier molecular flexibility index (Phi) is 5.47. The summed E-state index contributed by atoms with van der Waals surface area (Å²) in [6, 6.07) is 6.00. The van der Waals surface area contributed by atoms with E-state index in [0.717, 1.165) is 31.0 Å². The van der Waals surface area contributed by atoms with Gasteiger partial charge in [-0.2, -0.15) is 0 Å². The summed E-state index contributed by atoms with van der Waals surface area (Å²) in [4.78, 5) is 4.20. The van der Waals surface area contributed by atoms with Gasteiger partial charge in [-0.05, 0) is 37.6 Å². The molecule has 0 radical (unpaired) electrons. The highest BCUT2D eigenvalue weighted by Gasteiger charge is 2.17. The Labute approximate surface area is 146 Å². The average molecular weight is 346 g/mol. The molecule has 0 saturated heterocycles. The Bertz CT molecular complexity index is 727. The zero-order valence-corrected chi connectivity index (χ0v) is 14.5. The maximum Gasteiger partial charge on any atom is 0.191 e. The van der Waals surface area contributed by atoms with Crippen molar-refractivity contribution in [3.8, 4) is 5.75 Å². The first-order valence-electron chi connectivity index (χ1n) is 8.43. The van der Waals surface area contributed by atoms with E-state index >= 15 is 0 Å². The van der Waals surface area contributed by atoms with Gasteiger partial charge in [-0.25, -0.2) is 4.39 Å². The molecule has 0 saturated carbocycles. The third-order valence-electron chi connectivity index (χ3n) is 4.03. The third kappa shape index (κ3) is 4.46. The van der Waals surface area contributed by atoms with Gasteiger partial charge in [-0.1, -0.05) is 0 Å². The van der Waals surface area contributed by atoms with E-state index in [-0.39, 0.29) is 11.9 Å². The van der Waals surface area contributed by atoms with Crippen molar-refractivity contribution in [1.82, 2.24) is 25.4 Å². The van der Waals surface area contributed by atoms with E-state index in [9.17, 15) is 4.39 Å². The number of benzene rings is 1. The van der Waals surface area contributed by atoms with E-state index in [1.807, 2.05) is 6.92 Å². The van der Waals surface area contributed by atoms with Gasteiger partial charge >= 0.3 is 0 Å². The zero-order chi connectivity index (χ0) is 17.6. The summed E-state index contributed by atoms with van der Waals surface area (Å²) in [5, 5.41) is 14.9. The molecular weight excluding hydrogens is 323 g/mol. The summed E-state index contributed by atoms with van der Waals surface area (Å²) >= 11 is 0. The second-order valence-electron chi connectivity index (χ2n) is 5.98. The highest BCUT2D eigenvalue weighted by Crippen LogP contribution is 2.14. The molecule has 0 fully saturated rings. The van der Waals surface area contributed by atoms with Gasteiger partial charge in [0.2, 0.25) is 0 Å². The smallest absolute Gasteiger partial charge is 0.191 e. The fraction of sp³-hybridized carbons (Fsp3) is 0.471. The molecule has 1 atom stereocenters. The van der Waals surface area contributed by atoms with Crippen molar-refractivity contribution in [3.05, 3.63) is 41.7 Å². The van der Waals surface area contributed by atoms with Crippen LogP contribution in [0.15, 0.2) is 29.3 Å². The quantitative estimate of drug-likeness (QED) is 0.612. The van der Waals surface area contributed by atoms with Gasteiger partial charge in [0, 0.05) is 20.0 Å². The topological polar surface area (TPSA) is 76.4 Å². The lowest BCUT2D eigenvalue weighted by Gasteiger charge is -2.17. The van der Waals surface area contributed by atoms with Gasteiger partial charge in [0.25, 0.3) is 0 Å². The molecule has 1 aromatic carbocycles. The number of halogens is 1. The molecule has 1 aliphatic heterocycles. The minimum Gasteiger partial charge on any atom is -0.489 e. The lowest BCUT2D eigenvalue weighted by atomic mass is 10.3. The molecule has 3 rings (SSSR count). The number of hydrogen-bond donors (Lipinski definition) is 2. The van der Waals surface area contributed by atoms with Gasteiger partial charge in [0.15, 0.2) is 11.8 Å². The van der Waals surface area contributed by atoms with E-state index in [1.165, 1.54) is 12.1 Å². The van der Waals surface area contributed by atoms with Crippen LogP contribution in [0.25, 0.3) is 0 Å². The van der Waals surface area contributed by atoms with Gasteiger partial charge < -0.3 is 19.9 Å². The van der Waals surface area contributed by atoms with Gasteiger partial charge in [0.05, 0.1) is 13.1 Å². The lowest BCUT2D eigenvalue weighted by Crippen LogP contribution is -2.41. The number of aromatic nitrogens is 3. The summed E-state index contributed by atoms with van der Waals surface area (Å²) in [5.74, 6) is 3.01. The van der Waals surface area contributed by atoms with Gasteiger partial charge in [-0.3, -0.25) is 4.99 Å². The van der Waals surface area contributed by atoms with Crippen LogP contribution in [0.1, 0.15) is 25.0 Å². The molecule has 0 aliphatic carbocycles. The monoisotopic (exact) mass is 346 g/mol. The van der Waals surface area contributed by atoms with Crippen LogP contribution >= 0.6 is 0 Å². The number of hydrogen-bond acceptors (Lipinski definition) is 4. The molecule has 134 valence electrons. The molecule has 1 aliphatic rings. The molecule has 7 nitrogen and oxygen atoms in total. The van der Waals surface area contributed by atoms with Crippen molar-refractivity contribution in [2.24, 2.45) is 4.99 Å². The minimum absolute atomic E-state index is 0.0960. The number of nitrogens with zero attached hydrogens (tertiary/aromatic N) is 4. The Morgan fingerprint density at radius 2 is 2.12 bits per heavy atom. The minimum atomic E-state index is -0.275. The zero-order valence-electron chi connectivity index (χ0n) is 14.5. The number of ether oxygens (including phenoxy) is 1. The molecule has 2 N–H and O–H groups in total. The van der Waals surface area contributed by atoms with E-state index in [1.54, 1.807) is 19.2 Å². The standard InChI is InChI=1S/C17H23FN6O/c1-12(25-14-7-5-13(18)6-8-14)10-20-17(19-2)21-11-16-23-22-15-4-3-9-24(15)16/h5-8,12H,3-4,9-11H2,1-2H3,(H2,19,20,21). The van der Waals surface area contributed by atoms with Crippen molar-refractivity contribution >= 4 is 5.96 Å². The van der Waals surface area contributed by atoms with Crippen LogP contribution < -0.4 is 15.4 Å². The van der Waals surface area contributed by atoms with E-state index < -0.39 is 0 Å². The van der Waals surface area contributed by atoms with Crippen molar-refractivity contribution in [3.63, 3.8) is 0 Å². The normalized spacial score (nSPS) is 14.9. The van der Waals surface area contributed by atoms with Crippen LogP contribution in [-0.2, 0) is 19.5 Å². The van der Waals surface area contributed by atoms with E-state index in [2.05, 4.69) is 30.4 Å². The molecule has 0 bridgehead atoms. The highest BCUT2D eigenvalue weighted by atomic mass is 19.1. The molecule has 8 heteroatoms. The molecule has 0 spiro atoms. The molecule has 1 aromatic heterocycles. The Hall–Kier alpha value is -2.64. The summed E-state index contributed by atoms with van der Waals surface area (Å²) < 4.78 is 20.8. The average Bonchev–Trinajstić information content (AvgIpc) is 3.21. The van der Waals surface area contributed by atoms with Crippen molar-refractivity contribution in [2.45, 2.75) is 39.0 Å². The predicted octanol–water partition coefficient (Wildman–Crippen LogP) is 1.50. The van der Waals surface area contributed by atoms with Crippen LogP contribution in [-0.4, -0.2) is 40.4 Å². The van der Waals surface area contributed by atoms with Gasteiger partial charge in [0.1, 0.15) is 23.5 Å². The van der Waals surface area contributed by atoms with Crippen LogP contribution in [0.3, 0.4) is 0 Å². The summed E-state index contributed by atoms with van der Waals surface area (Å²) in [7, 11) is 1.72. The highest BCUT2D eigenvalue weighted by molar-refractivity contribution is 5.79. The Morgan fingerprint density at radius 1 is 1.32 bits per heavy atom. The molecule has 25 heavy (non-hydrogen) atoms. The summed E-state index contributed by atoms with van der Waals surface area (Å²) in [5.41, 5.74) is 0. The predicted molar refractivity (Wildman–Crippen MR) is 93.0 cm³/mol. The van der Waals surface area contributed by atoms with Crippen LogP contribution in [0.5, 0.6) is 5.75 Å². The van der Waals surface area contributed by atoms with Crippen molar-refractivity contribution in [2.75, 3.05) is 13.6 Å². The second kappa shape index (κ2) is 7.96. The number of aryl methyl sites for hydroxylation is 1. The van der Waals surface area contributed by atoms with Gasteiger partial charge in [-0.15, -0.1) is 10.2 Å². The Morgan fingerprint density at radius 3 is 2.88 bits per heavy atom. The number of nitrogens with one attached hydrogen (secondary N) is 2.